The van der Waals surface area contributed by atoms with Crippen molar-refractivity contribution >= 4 is 34.3 Å². The zero-order valence-electron chi connectivity index (χ0n) is 17.2. The Kier molecular flexibility index (Phi) is 5.34. The quantitative estimate of drug-likeness (QED) is 0.365. The highest BCUT2D eigenvalue weighted by Gasteiger charge is 2.20. The summed E-state index contributed by atoms with van der Waals surface area (Å²) >= 11 is 0. The van der Waals surface area contributed by atoms with Crippen molar-refractivity contribution < 1.29 is 9.66 Å². The Morgan fingerprint density at radius 2 is 1.78 bits per heavy atom. The van der Waals surface area contributed by atoms with Crippen molar-refractivity contribution in [3.8, 4) is 0 Å². The molecule has 0 amide bonds. The predicted octanol–water partition coefficient (Wildman–Crippen LogP) is 3.36. The van der Waals surface area contributed by atoms with E-state index in [2.05, 4.69) is 27.3 Å². The summed E-state index contributed by atoms with van der Waals surface area (Å²) in [6.07, 6.45) is 1.76. The number of ether oxygens (including phenoxy) is 1. The first kappa shape index (κ1) is 19.9. The van der Waals surface area contributed by atoms with E-state index in [1.807, 2.05) is 22.8 Å². The molecule has 1 aliphatic rings. The van der Waals surface area contributed by atoms with E-state index in [-0.39, 0.29) is 5.69 Å². The maximum Gasteiger partial charge on any atom is 0.269 e. The molecule has 0 aliphatic carbocycles. The number of benzene rings is 2. The van der Waals surface area contributed by atoms with Gasteiger partial charge in [-0.2, -0.15) is 9.97 Å². The van der Waals surface area contributed by atoms with Gasteiger partial charge < -0.3 is 19.5 Å². The van der Waals surface area contributed by atoms with Crippen molar-refractivity contribution in [2.24, 2.45) is 0 Å². The molecule has 4 aromatic rings. The normalized spacial score (nSPS) is 13.9. The van der Waals surface area contributed by atoms with Gasteiger partial charge in [-0.25, -0.2) is 4.98 Å². The summed E-state index contributed by atoms with van der Waals surface area (Å²) in [6, 6.07) is 16.3. The summed E-state index contributed by atoms with van der Waals surface area (Å²) in [4.78, 5) is 26.7. The minimum Gasteiger partial charge on any atom is -0.378 e. The zero-order chi connectivity index (χ0) is 21.9. The molecule has 1 saturated heterocycles. The molecule has 2 aromatic carbocycles. The number of nitro groups is 1. The SMILES string of the molecule is O=[N+]([O-])c1ccc(Nc2nc(N3CCOCC3)nc3c2ncn3Cc2ccccc2)cc1. The van der Waals surface area contributed by atoms with Gasteiger partial charge in [0, 0.05) is 30.9 Å². The van der Waals surface area contributed by atoms with Crippen molar-refractivity contribution in [2.75, 3.05) is 36.5 Å². The second-order valence-corrected chi connectivity index (χ2v) is 7.43. The summed E-state index contributed by atoms with van der Waals surface area (Å²) < 4.78 is 7.46. The number of hydrogen-bond acceptors (Lipinski definition) is 8. The molecule has 0 spiro atoms. The zero-order valence-corrected chi connectivity index (χ0v) is 17.2. The van der Waals surface area contributed by atoms with Crippen LogP contribution in [-0.2, 0) is 11.3 Å². The Balaban J connectivity index is 1.54. The Hall–Kier alpha value is -4.05. The number of aromatic nitrogens is 4. The van der Waals surface area contributed by atoms with Gasteiger partial charge in [-0.05, 0) is 17.7 Å². The van der Waals surface area contributed by atoms with Crippen LogP contribution in [0.15, 0.2) is 60.9 Å². The summed E-state index contributed by atoms with van der Waals surface area (Å²) in [7, 11) is 0. The lowest BCUT2D eigenvalue weighted by atomic mass is 10.2. The number of non-ortho nitro benzene ring substituents is 1. The van der Waals surface area contributed by atoms with Crippen LogP contribution in [0.4, 0.5) is 23.1 Å². The molecule has 162 valence electrons. The average Bonchev–Trinajstić information content (AvgIpc) is 3.23. The van der Waals surface area contributed by atoms with E-state index in [0.717, 1.165) is 11.2 Å². The molecule has 10 heteroatoms. The molecule has 1 fully saturated rings. The third kappa shape index (κ3) is 4.08. The van der Waals surface area contributed by atoms with Gasteiger partial charge in [0.25, 0.3) is 5.69 Å². The minimum absolute atomic E-state index is 0.0320. The van der Waals surface area contributed by atoms with Crippen molar-refractivity contribution in [3.63, 3.8) is 0 Å². The van der Waals surface area contributed by atoms with Gasteiger partial charge in [-0.1, -0.05) is 30.3 Å². The molecule has 3 heterocycles. The standard InChI is InChI=1S/C22H21N7O3/c30-29(31)18-8-6-17(7-9-18)24-20-19-21(26-22(25-20)27-10-12-32-13-11-27)28(15-23-19)14-16-4-2-1-3-5-16/h1-9,15H,10-14H2,(H,24,25,26). The molecule has 2 aromatic heterocycles. The number of morpholine rings is 1. The van der Waals surface area contributed by atoms with Crippen LogP contribution >= 0.6 is 0 Å². The van der Waals surface area contributed by atoms with Crippen molar-refractivity contribution in [1.82, 2.24) is 19.5 Å². The fourth-order valence-electron chi connectivity index (χ4n) is 3.62. The maximum atomic E-state index is 11.0. The Labute approximate surface area is 183 Å². The molecule has 1 N–H and O–H groups in total. The smallest absolute Gasteiger partial charge is 0.269 e. The Morgan fingerprint density at radius 1 is 1.03 bits per heavy atom. The van der Waals surface area contributed by atoms with E-state index in [4.69, 9.17) is 14.7 Å². The first-order chi connectivity index (χ1) is 15.7. The van der Waals surface area contributed by atoms with Crippen molar-refractivity contribution in [2.45, 2.75) is 6.54 Å². The molecule has 5 rings (SSSR count). The van der Waals surface area contributed by atoms with Crippen molar-refractivity contribution in [3.05, 3.63) is 76.6 Å². The number of nitro benzene ring substituents is 1. The van der Waals surface area contributed by atoms with Crippen LogP contribution in [0.5, 0.6) is 0 Å². The lowest BCUT2D eigenvalue weighted by Crippen LogP contribution is -2.37. The highest BCUT2D eigenvalue weighted by Crippen LogP contribution is 2.27. The summed E-state index contributed by atoms with van der Waals surface area (Å²) in [6.45, 7) is 3.28. The molecule has 0 bridgehead atoms. The maximum absolute atomic E-state index is 11.0. The Bertz CT molecular complexity index is 1240. The second kappa shape index (κ2) is 8.60. The fraction of sp³-hybridized carbons (Fsp3) is 0.227. The van der Waals surface area contributed by atoms with Crippen LogP contribution in [0.1, 0.15) is 5.56 Å². The first-order valence-electron chi connectivity index (χ1n) is 10.3. The fourth-order valence-corrected chi connectivity index (χ4v) is 3.62. The van der Waals surface area contributed by atoms with Crippen LogP contribution in [-0.4, -0.2) is 50.7 Å². The third-order valence-corrected chi connectivity index (χ3v) is 5.28. The number of fused-ring (bicyclic) bond motifs is 1. The molecular formula is C22H21N7O3. The molecule has 0 radical (unpaired) electrons. The van der Waals surface area contributed by atoms with Crippen LogP contribution in [0, 0.1) is 10.1 Å². The number of anilines is 3. The molecule has 32 heavy (non-hydrogen) atoms. The van der Waals surface area contributed by atoms with Crippen LogP contribution in [0.25, 0.3) is 11.2 Å². The molecule has 0 atom stereocenters. The summed E-state index contributed by atoms with van der Waals surface area (Å²) in [5.74, 6) is 1.15. The van der Waals surface area contributed by atoms with Crippen LogP contribution in [0.2, 0.25) is 0 Å². The Morgan fingerprint density at radius 3 is 2.50 bits per heavy atom. The van der Waals surface area contributed by atoms with Gasteiger partial charge in [0.1, 0.15) is 0 Å². The number of nitrogens with one attached hydrogen (secondary N) is 1. The molecule has 1 aliphatic heterocycles. The minimum atomic E-state index is -0.422. The van der Waals surface area contributed by atoms with E-state index in [1.54, 1.807) is 18.5 Å². The monoisotopic (exact) mass is 431 g/mol. The third-order valence-electron chi connectivity index (χ3n) is 5.28. The topological polar surface area (TPSA) is 111 Å². The number of nitrogens with zero attached hydrogens (tertiary/aromatic N) is 6. The van der Waals surface area contributed by atoms with Gasteiger partial charge in [-0.3, -0.25) is 10.1 Å². The van der Waals surface area contributed by atoms with Gasteiger partial charge in [0.05, 0.1) is 31.0 Å². The molecular weight excluding hydrogens is 410 g/mol. The highest BCUT2D eigenvalue weighted by atomic mass is 16.6. The van der Waals surface area contributed by atoms with Crippen molar-refractivity contribution in [1.29, 1.82) is 0 Å². The van der Waals surface area contributed by atoms with E-state index in [0.29, 0.717) is 55.8 Å². The summed E-state index contributed by atoms with van der Waals surface area (Å²) in [5.41, 5.74) is 3.21. The second-order valence-electron chi connectivity index (χ2n) is 7.43. The van der Waals surface area contributed by atoms with E-state index in [9.17, 15) is 10.1 Å². The molecule has 0 saturated carbocycles. The first-order valence-corrected chi connectivity index (χ1v) is 10.3. The predicted molar refractivity (Wildman–Crippen MR) is 120 cm³/mol. The van der Waals surface area contributed by atoms with E-state index >= 15 is 0 Å². The summed E-state index contributed by atoms with van der Waals surface area (Å²) in [5, 5.41) is 14.2. The van der Waals surface area contributed by atoms with Crippen LogP contribution < -0.4 is 10.2 Å². The van der Waals surface area contributed by atoms with E-state index < -0.39 is 4.92 Å². The molecule has 10 nitrogen and oxygen atoms in total. The lowest BCUT2D eigenvalue weighted by molar-refractivity contribution is -0.384. The van der Waals surface area contributed by atoms with Crippen LogP contribution in [0.3, 0.4) is 0 Å². The van der Waals surface area contributed by atoms with E-state index in [1.165, 1.54) is 12.1 Å². The van der Waals surface area contributed by atoms with Gasteiger partial charge >= 0.3 is 0 Å². The number of imidazole rings is 1. The largest absolute Gasteiger partial charge is 0.378 e. The lowest BCUT2D eigenvalue weighted by Gasteiger charge is -2.27. The number of rotatable bonds is 6. The van der Waals surface area contributed by atoms with Gasteiger partial charge in [0.15, 0.2) is 17.0 Å². The average molecular weight is 431 g/mol. The molecule has 0 unspecified atom stereocenters. The van der Waals surface area contributed by atoms with Gasteiger partial charge in [-0.15, -0.1) is 0 Å². The highest BCUT2D eigenvalue weighted by molar-refractivity contribution is 5.86. The van der Waals surface area contributed by atoms with Gasteiger partial charge in [0.2, 0.25) is 5.95 Å². The number of hydrogen-bond donors (Lipinski definition) is 1.